The first-order valence-corrected chi connectivity index (χ1v) is 5.11. The van der Waals surface area contributed by atoms with Crippen LogP contribution in [0.15, 0.2) is 29.8 Å². The molecule has 0 atom stereocenters. The number of allylic oxidation sites excluding steroid dienone is 1. The van der Waals surface area contributed by atoms with E-state index in [1.165, 1.54) is 0 Å². The maximum atomic E-state index is 11.4. The summed E-state index contributed by atoms with van der Waals surface area (Å²) in [6.07, 6.45) is 1.16. The van der Waals surface area contributed by atoms with Crippen LogP contribution >= 0.6 is 0 Å². The van der Waals surface area contributed by atoms with Crippen LogP contribution in [0.1, 0.15) is 13.8 Å². The van der Waals surface area contributed by atoms with E-state index in [1.807, 2.05) is 0 Å². The number of carbonyl (C=O) groups excluding carboxylic acids is 1. The fourth-order valence-corrected chi connectivity index (χ4v) is 1.22. The second kappa shape index (κ2) is 5.71. The van der Waals surface area contributed by atoms with Gasteiger partial charge in [-0.3, -0.25) is 20.2 Å². The van der Waals surface area contributed by atoms with E-state index in [4.69, 9.17) is 4.74 Å². The highest BCUT2D eigenvalue weighted by atomic mass is 16.6. The molecular weight excluding hydrogens is 256 g/mol. The molecule has 0 aliphatic rings. The zero-order valence-corrected chi connectivity index (χ0v) is 10.2. The Hall–Kier alpha value is -2.77. The number of hydrogen-bond donors (Lipinski definition) is 0. The molecule has 0 heterocycles. The van der Waals surface area contributed by atoms with Gasteiger partial charge in [-0.1, -0.05) is 5.57 Å². The number of rotatable bonds is 4. The fraction of sp³-hybridized carbons (Fsp3) is 0.182. The largest absolute Gasteiger partial charge is 0.416 e. The Morgan fingerprint density at radius 3 is 2.32 bits per heavy atom. The number of esters is 1. The minimum absolute atomic E-state index is 0.335. The van der Waals surface area contributed by atoms with E-state index >= 15 is 0 Å². The van der Waals surface area contributed by atoms with Gasteiger partial charge in [0, 0.05) is 12.1 Å². The Balaban J connectivity index is 3.14. The first kappa shape index (κ1) is 14.3. The summed E-state index contributed by atoms with van der Waals surface area (Å²) in [5, 5.41) is 21.3. The highest BCUT2D eigenvalue weighted by molar-refractivity contribution is 5.85. The predicted molar refractivity (Wildman–Crippen MR) is 64.8 cm³/mol. The minimum Gasteiger partial charge on any atom is -0.416 e. The molecule has 0 radical (unpaired) electrons. The van der Waals surface area contributed by atoms with Crippen LogP contribution in [0.2, 0.25) is 0 Å². The molecule has 0 spiro atoms. The third kappa shape index (κ3) is 3.87. The molecule has 0 saturated carbocycles. The third-order valence-corrected chi connectivity index (χ3v) is 1.97. The second-order valence-corrected chi connectivity index (χ2v) is 3.81. The minimum atomic E-state index is -0.849. The first-order valence-electron chi connectivity index (χ1n) is 5.11. The topological polar surface area (TPSA) is 113 Å². The van der Waals surface area contributed by atoms with Crippen LogP contribution in [0.5, 0.6) is 5.75 Å². The van der Waals surface area contributed by atoms with Crippen molar-refractivity contribution < 1.29 is 19.4 Å². The maximum absolute atomic E-state index is 11.4. The van der Waals surface area contributed by atoms with Gasteiger partial charge in [0.05, 0.1) is 15.9 Å². The van der Waals surface area contributed by atoms with Gasteiger partial charge in [-0.15, -0.1) is 0 Å². The van der Waals surface area contributed by atoms with Gasteiger partial charge in [-0.05, 0) is 19.9 Å². The summed E-state index contributed by atoms with van der Waals surface area (Å²) in [7, 11) is 0. The molecule has 0 bridgehead atoms. The standard InChI is InChI=1S/C11H10N2O6/c1-7(2)5-11(14)19-10-4-3-8(12(15)16)6-9(10)13(17)18/h3-6H,1-2H3. The number of carbonyl (C=O) groups is 1. The molecule has 0 unspecified atom stereocenters. The molecule has 0 aromatic heterocycles. The molecule has 0 aliphatic carbocycles. The van der Waals surface area contributed by atoms with Crippen molar-refractivity contribution in [3.63, 3.8) is 0 Å². The van der Waals surface area contributed by atoms with E-state index in [2.05, 4.69) is 0 Å². The van der Waals surface area contributed by atoms with E-state index in [9.17, 15) is 25.0 Å². The Morgan fingerprint density at radius 2 is 1.84 bits per heavy atom. The fourth-order valence-electron chi connectivity index (χ4n) is 1.22. The molecule has 0 N–H and O–H groups in total. The molecule has 0 fully saturated rings. The maximum Gasteiger partial charge on any atom is 0.336 e. The van der Waals surface area contributed by atoms with Crippen LogP contribution in [0, 0.1) is 20.2 Å². The van der Waals surface area contributed by atoms with Crippen molar-refractivity contribution >= 4 is 17.3 Å². The van der Waals surface area contributed by atoms with E-state index in [1.54, 1.807) is 13.8 Å². The van der Waals surface area contributed by atoms with Gasteiger partial charge in [0.25, 0.3) is 5.69 Å². The summed E-state index contributed by atoms with van der Waals surface area (Å²) in [4.78, 5) is 31.0. The van der Waals surface area contributed by atoms with Gasteiger partial charge in [0.1, 0.15) is 0 Å². The Bertz CT molecular complexity index is 575. The van der Waals surface area contributed by atoms with Gasteiger partial charge >= 0.3 is 11.7 Å². The number of benzene rings is 1. The van der Waals surface area contributed by atoms with E-state index in [0.717, 1.165) is 24.3 Å². The Labute approximate surface area is 107 Å². The SMILES string of the molecule is CC(C)=CC(=O)Oc1ccc([N+](=O)[O-])cc1[N+](=O)[O-]. The molecule has 1 aromatic rings. The van der Waals surface area contributed by atoms with Gasteiger partial charge in [-0.2, -0.15) is 0 Å². The van der Waals surface area contributed by atoms with E-state index in [-0.39, 0.29) is 5.75 Å². The van der Waals surface area contributed by atoms with Crippen molar-refractivity contribution in [2.75, 3.05) is 0 Å². The van der Waals surface area contributed by atoms with Crippen LogP contribution in [-0.2, 0) is 4.79 Å². The number of non-ortho nitro benzene ring substituents is 1. The van der Waals surface area contributed by atoms with Crippen molar-refractivity contribution in [3.05, 3.63) is 50.1 Å². The molecule has 1 aromatic carbocycles. The molecule has 8 heteroatoms. The summed E-state index contributed by atoms with van der Waals surface area (Å²) in [5.74, 6) is -1.12. The Morgan fingerprint density at radius 1 is 1.21 bits per heavy atom. The van der Waals surface area contributed by atoms with E-state index in [0.29, 0.717) is 5.57 Å². The molecule has 0 aliphatic heterocycles. The van der Waals surface area contributed by atoms with Crippen LogP contribution in [-0.4, -0.2) is 15.8 Å². The van der Waals surface area contributed by atoms with Crippen LogP contribution < -0.4 is 4.74 Å². The van der Waals surface area contributed by atoms with Gasteiger partial charge in [0.2, 0.25) is 5.75 Å². The van der Waals surface area contributed by atoms with Gasteiger partial charge in [-0.25, -0.2) is 4.79 Å². The van der Waals surface area contributed by atoms with Crippen molar-refractivity contribution in [2.45, 2.75) is 13.8 Å². The van der Waals surface area contributed by atoms with Crippen LogP contribution in [0.4, 0.5) is 11.4 Å². The van der Waals surface area contributed by atoms with Crippen LogP contribution in [0.25, 0.3) is 0 Å². The van der Waals surface area contributed by atoms with Crippen molar-refractivity contribution in [1.82, 2.24) is 0 Å². The molecule has 0 amide bonds. The molecule has 0 saturated heterocycles. The smallest absolute Gasteiger partial charge is 0.336 e. The van der Waals surface area contributed by atoms with Gasteiger partial charge in [0.15, 0.2) is 0 Å². The van der Waals surface area contributed by atoms with Crippen molar-refractivity contribution in [3.8, 4) is 5.75 Å². The zero-order valence-electron chi connectivity index (χ0n) is 10.2. The average Bonchev–Trinajstić information content (AvgIpc) is 2.27. The van der Waals surface area contributed by atoms with Gasteiger partial charge < -0.3 is 4.74 Å². The molecule has 8 nitrogen and oxygen atoms in total. The van der Waals surface area contributed by atoms with Crippen LogP contribution in [0.3, 0.4) is 0 Å². The third-order valence-electron chi connectivity index (χ3n) is 1.97. The lowest BCUT2D eigenvalue weighted by molar-refractivity contribution is -0.394. The number of hydrogen-bond acceptors (Lipinski definition) is 6. The summed E-state index contributed by atoms with van der Waals surface area (Å²) in [6, 6.07) is 2.79. The lowest BCUT2D eigenvalue weighted by Crippen LogP contribution is -2.06. The lowest BCUT2D eigenvalue weighted by Gasteiger charge is -2.02. The molecule has 1 rings (SSSR count). The Kier molecular flexibility index (Phi) is 4.30. The first-order chi connectivity index (χ1) is 8.81. The lowest BCUT2D eigenvalue weighted by atomic mass is 10.2. The normalized spacial score (nSPS) is 9.58. The van der Waals surface area contributed by atoms with Crippen molar-refractivity contribution in [2.24, 2.45) is 0 Å². The summed E-state index contributed by atoms with van der Waals surface area (Å²) >= 11 is 0. The predicted octanol–water partition coefficient (Wildman–Crippen LogP) is 2.37. The van der Waals surface area contributed by atoms with E-state index < -0.39 is 27.2 Å². The molecule has 100 valence electrons. The monoisotopic (exact) mass is 266 g/mol. The molecule has 19 heavy (non-hydrogen) atoms. The number of nitrogens with zero attached hydrogens (tertiary/aromatic N) is 2. The number of nitro benzene ring substituents is 2. The second-order valence-electron chi connectivity index (χ2n) is 3.81. The quantitative estimate of drug-likeness (QED) is 0.272. The van der Waals surface area contributed by atoms with Crippen molar-refractivity contribution in [1.29, 1.82) is 0 Å². The highest BCUT2D eigenvalue weighted by Crippen LogP contribution is 2.31. The summed E-state index contributed by atoms with van der Waals surface area (Å²) in [5.41, 5.74) is -0.423. The summed E-state index contributed by atoms with van der Waals surface area (Å²) in [6.45, 7) is 3.32. The molecular formula is C11H10N2O6. The number of nitro groups is 2. The summed E-state index contributed by atoms with van der Waals surface area (Å²) < 4.78 is 4.77. The number of ether oxygens (including phenoxy) is 1. The highest BCUT2D eigenvalue weighted by Gasteiger charge is 2.22. The zero-order chi connectivity index (χ0) is 14.6. The average molecular weight is 266 g/mol.